The normalized spacial score (nSPS) is 17.6. The van der Waals surface area contributed by atoms with Gasteiger partial charge in [-0.3, -0.25) is 4.79 Å². The van der Waals surface area contributed by atoms with Crippen molar-refractivity contribution in [2.75, 3.05) is 6.54 Å². The molecule has 2 rings (SSSR count). The molecule has 1 saturated carbocycles. The Kier molecular flexibility index (Phi) is 4.43. The molecule has 1 unspecified atom stereocenters. The topological polar surface area (TPSA) is 55.1 Å². The molecule has 0 spiro atoms. The van der Waals surface area contributed by atoms with Gasteiger partial charge in [0.15, 0.2) is 0 Å². The Bertz CT molecular complexity index is 494. The van der Waals surface area contributed by atoms with Crippen molar-refractivity contribution in [3.63, 3.8) is 0 Å². The van der Waals surface area contributed by atoms with Crippen molar-refractivity contribution >= 4 is 23.1 Å². The van der Waals surface area contributed by atoms with Crippen LogP contribution in [0.4, 0.5) is 0 Å². The summed E-state index contributed by atoms with van der Waals surface area (Å²) >= 11 is 5.07. The number of hydrogen-bond donors (Lipinski definition) is 2. The maximum absolute atomic E-state index is 12.4. The van der Waals surface area contributed by atoms with Crippen LogP contribution in [0.5, 0.6) is 0 Å². The summed E-state index contributed by atoms with van der Waals surface area (Å²) in [6, 6.07) is 9.47. The molecule has 1 atom stereocenters. The van der Waals surface area contributed by atoms with Gasteiger partial charge in [0.1, 0.15) is 5.92 Å². The summed E-state index contributed by atoms with van der Waals surface area (Å²) in [7, 11) is 0. The van der Waals surface area contributed by atoms with Crippen LogP contribution in [0.2, 0.25) is 0 Å². The number of nitrogens with one attached hydrogen (secondary N) is 1. The SMILES string of the molecule is CC(C)C1(CNC(=O)C(C(N)=S)c2ccccc2)CC1. The second kappa shape index (κ2) is 5.92. The van der Waals surface area contributed by atoms with E-state index in [9.17, 15) is 4.79 Å². The smallest absolute Gasteiger partial charge is 0.234 e. The van der Waals surface area contributed by atoms with Crippen LogP contribution in [0.1, 0.15) is 38.2 Å². The predicted octanol–water partition coefficient (Wildman–Crippen LogP) is 2.61. The number of carbonyl (C=O) groups excluding carboxylic acids is 1. The number of benzene rings is 1. The van der Waals surface area contributed by atoms with Gasteiger partial charge in [-0.2, -0.15) is 0 Å². The molecule has 0 aromatic heterocycles. The summed E-state index contributed by atoms with van der Waals surface area (Å²) in [6.07, 6.45) is 2.38. The minimum Gasteiger partial charge on any atom is -0.392 e. The lowest BCUT2D eigenvalue weighted by Gasteiger charge is -2.22. The molecule has 108 valence electrons. The Morgan fingerprint density at radius 1 is 1.35 bits per heavy atom. The van der Waals surface area contributed by atoms with Gasteiger partial charge in [-0.25, -0.2) is 0 Å². The third kappa shape index (κ3) is 3.18. The van der Waals surface area contributed by atoms with Crippen molar-refractivity contribution in [3.05, 3.63) is 35.9 Å². The highest BCUT2D eigenvalue weighted by Crippen LogP contribution is 2.51. The van der Waals surface area contributed by atoms with Crippen molar-refractivity contribution < 1.29 is 4.79 Å². The first-order valence-corrected chi connectivity index (χ1v) is 7.49. The van der Waals surface area contributed by atoms with Crippen molar-refractivity contribution in [2.24, 2.45) is 17.1 Å². The molecule has 3 N–H and O–H groups in total. The van der Waals surface area contributed by atoms with Crippen molar-refractivity contribution in [3.8, 4) is 0 Å². The Morgan fingerprint density at radius 2 is 1.95 bits per heavy atom. The predicted molar refractivity (Wildman–Crippen MR) is 85.5 cm³/mol. The summed E-state index contributed by atoms with van der Waals surface area (Å²) in [5.41, 5.74) is 6.89. The third-order valence-electron chi connectivity index (χ3n) is 4.41. The van der Waals surface area contributed by atoms with Gasteiger partial charge in [0, 0.05) is 6.54 Å². The summed E-state index contributed by atoms with van der Waals surface area (Å²) in [4.78, 5) is 12.6. The summed E-state index contributed by atoms with van der Waals surface area (Å²) < 4.78 is 0. The highest BCUT2D eigenvalue weighted by atomic mass is 32.1. The molecule has 1 fully saturated rings. The van der Waals surface area contributed by atoms with Gasteiger partial charge < -0.3 is 11.1 Å². The second-order valence-electron chi connectivity index (χ2n) is 5.98. The molecule has 0 saturated heterocycles. The summed E-state index contributed by atoms with van der Waals surface area (Å²) in [6.45, 7) is 5.14. The van der Waals surface area contributed by atoms with E-state index in [0.717, 1.165) is 12.1 Å². The molecule has 1 aliphatic rings. The van der Waals surface area contributed by atoms with Gasteiger partial charge in [-0.15, -0.1) is 0 Å². The van der Waals surface area contributed by atoms with E-state index < -0.39 is 5.92 Å². The van der Waals surface area contributed by atoms with E-state index in [0.29, 0.717) is 5.92 Å². The lowest BCUT2D eigenvalue weighted by Crippen LogP contribution is -2.39. The molecule has 1 aromatic rings. The van der Waals surface area contributed by atoms with Gasteiger partial charge in [-0.1, -0.05) is 56.4 Å². The molecule has 20 heavy (non-hydrogen) atoms. The van der Waals surface area contributed by atoms with Crippen LogP contribution in [0.3, 0.4) is 0 Å². The van der Waals surface area contributed by atoms with E-state index in [1.54, 1.807) is 0 Å². The first-order chi connectivity index (χ1) is 9.46. The Hall–Kier alpha value is -1.42. The van der Waals surface area contributed by atoms with Gasteiger partial charge >= 0.3 is 0 Å². The van der Waals surface area contributed by atoms with Gasteiger partial charge in [0.25, 0.3) is 0 Å². The first kappa shape index (κ1) is 15.0. The van der Waals surface area contributed by atoms with E-state index in [4.69, 9.17) is 18.0 Å². The minimum absolute atomic E-state index is 0.0874. The van der Waals surface area contributed by atoms with E-state index in [-0.39, 0.29) is 16.3 Å². The maximum Gasteiger partial charge on any atom is 0.234 e. The third-order valence-corrected chi connectivity index (χ3v) is 4.65. The largest absolute Gasteiger partial charge is 0.392 e. The Morgan fingerprint density at radius 3 is 2.40 bits per heavy atom. The Labute approximate surface area is 125 Å². The molecule has 1 aromatic carbocycles. The van der Waals surface area contributed by atoms with E-state index in [1.807, 2.05) is 30.3 Å². The zero-order valence-corrected chi connectivity index (χ0v) is 12.9. The summed E-state index contributed by atoms with van der Waals surface area (Å²) in [5.74, 6) is -0.0346. The lowest BCUT2D eigenvalue weighted by molar-refractivity contribution is -0.121. The molecule has 1 aliphatic carbocycles. The van der Waals surface area contributed by atoms with Gasteiger partial charge in [0.05, 0.1) is 4.99 Å². The molecule has 1 amide bonds. The van der Waals surface area contributed by atoms with Crippen LogP contribution < -0.4 is 11.1 Å². The minimum atomic E-state index is -0.533. The molecular weight excluding hydrogens is 268 g/mol. The van der Waals surface area contributed by atoms with E-state index in [2.05, 4.69) is 19.2 Å². The Balaban J connectivity index is 2.04. The molecule has 0 bridgehead atoms. The molecule has 0 radical (unpaired) electrons. The molecular formula is C16H22N2OS. The number of nitrogens with two attached hydrogens (primary N) is 1. The fourth-order valence-corrected chi connectivity index (χ4v) is 2.82. The van der Waals surface area contributed by atoms with Crippen molar-refractivity contribution in [1.82, 2.24) is 5.32 Å². The van der Waals surface area contributed by atoms with Crippen LogP contribution >= 0.6 is 12.2 Å². The average molecular weight is 290 g/mol. The summed E-state index contributed by atoms with van der Waals surface area (Å²) in [5, 5.41) is 3.04. The van der Waals surface area contributed by atoms with Crippen LogP contribution in [0.15, 0.2) is 30.3 Å². The highest BCUT2D eigenvalue weighted by Gasteiger charge is 2.45. The number of amides is 1. The fourth-order valence-electron chi connectivity index (χ4n) is 2.57. The molecule has 0 aliphatic heterocycles. The van der Waals surface area contributed by atoms with Gasteiger partial charge in [-0.05, 0) is 29.7 Å². The fraction of sp³-hybridized carbons (Fsp3) is 0.500. The van der Waals surface area contributed by atoms with Crippen LogP contribution in [-0.2, 0) is 4.79 Å². The van der Waals surface area contributed by atoms with Crippen molar-refractivity contribution in [2.45, 2.75) is 32.6 Å². The lowest BCUT2D eigenvalue weighted by atomic mass is 9.91. The van der Waals surface area contributed by atoms with Crippen LogP contribution in [0, 0.1) is 11.3 Å². The molecule has 4 heteroatoms. The number of thiocarbonyl (C=S) groups is 1. The average Bonchev–Trinajstić information content (AvgIpc) is 3.18. The first-order valence-electron chi connectivity index (χ1n) is 7.08. The second-order valence-corrected chi connectivity index (χ2v) is 6.45. The van der Waals surface area contributed by atoms with E-state index in [1.165, 1.54) is 12.8 Å². The molecule has 0 heterocycles. The van der Waals surface area contributed by atoms with Gasteiger partial charge in [0.2, 0.25) is 5.91 Å². The highest BCUT2D eigenvalue weighted by molar-refractivity contribution is 7.80. The molecule has 3 nitrogen and oxygen atoms in total. The number of rotatable bonds is 6. The van der Waals surface area contributed by atoms with Crippen LogP contribution in [-0.4, -0.2) is 17.4 Å². The van der Waals surface area contributed by atoms with E-state index >= 15 is 0 Å². The monoisotopic (exact) mass is 290 g/mol. The number of carbonyl (C=O) groups is 1. The zero-order valence-electron chi connectivity index (χ0n) is 12.1. The maximum atomic E-state index is 12.4. The zero-order chi connectivity index (χ0) is 14.8. The quantitative estimate of drug-likeness (QED) is 0.792. The number of hydrogen-bond acceptors (Lipinski definition) is 2. The van der Waals surface area contributed by atoms with Crippen molar-refractivity contribution in [1.29, 1.82) is 0 Å². The van der Waals surface area contributed by atoms with Crippen LogP contribution in [0.25, 0.3) is 0 Å². The standard InChI is InChI=1S/C16H22N2OS/c1-11(2)16(8-9-16)10-18-15(19)13(14(17)20)12-6-4-3-5-7-12/h3-7,11,13H,8-10H2,1-2H3,(H2,17,20)(H,18,19).